The van der Waals surface area contributed by atoms with E-state index in [4.69, 9.17) is 10.5 Å². The van der Waals surface area contributed by atoms with Crippen LogP contribution in [0.25, 0.3) is 0 Å². The smallest absolute Gasteiger partial charge is 0.255 e. The van der Waals surface area contributed by atoms with Crippen molar-refractivity contribution in [3.63, 3.8) is 0 Å². The molecule has 0 unspecified atom stereocenters. The second kappa shape index (κ2) is 7.71. The van der Waals surface area contributed by atoms with Gasteiger partial charge in [-0.3, -0.25) is 4.79 Å². The first kappa shape index (κ1) is 15.4. The Hall–Kier alpha value is -0.980. The Kier molecular flexibility index (Phi) is 5.94. The van der Waals surface area contributed by atoms with Crippen molar-refractivity contribution in [2.75, 3.05) is 18.5 Å². The molecular formula is C15H21IN2O2. The molecule has 0 heterocycles. The predicted molar refractivity (Wildman–Crippen MR) is 88.9 cm³/mol. The summed E-state index contributed by atoms with van der Waals surface area (Å²) < 4.78 is 6.39. The molecule has 0 bridgehead atoms. The second-order valence-electron chi connectivity index (χ2n) is 5.28. The Bertz CT molecular complexity index is 459. The van der Waals surface area contributed by atoms with Crippen LogP contribution in [-0.4, -0.2) is 19.1 Å². The molecule has 1 fully saturated rings. The SMILES string of the molecule is NC(=O)COc1ccc(NCC2CCCCC2)c(I)c1. The average Bonchev–Trinajstić information content (AvgIpc) is 2.45. The maximum absolute atomic E-state index is 10.7. The Balaban J connectivity index is 1.86. The van der Waals surface area contributed by atoms with Gasteiger partial charge in [-0.15, -0.1) is 0 Å². The van der Waals surface area contributed by atoms with Crippen LogP contribution in [0.5, 0.6) is 5.75 Å². The Morgan fingerprint density at radius 1 is 1.35 bits per heavy atom. The lowest BCUT2D eigenvalue weighted by atomic mass is 9.89. The number of amides is 1. The number of rotatable bonds is 6. The number of carbonyl (C=O) groups excluding carboxylic acids is 1. The summed E-state index contributed by atoms with van der Waals surface area (Å²) in [5, 5.41) is 3.52. The molecule has 0 saturated heterocycles. The lowest BCUT2D eigenvalue weighted by Crippen LogP contribution is -2.20. The topological polar surface area (TPSA) is 64.4 Å². The van der Waals surface area contributed by atoms with Gasteiger partial charge in [0.05, 0.1) is 0 Å². The number of hydrogen-bond donors (Lipinski definition) is 2. The fraction of sp³-hybridized carbons (Fsp3) is 0.533. The van der Waals surface area contributed by atoms with Gasteiger partial charge in [-0.2, -0.15) is 0 Å². The summed E-state index contributed by atoms with van der Waals surface area (Å²) in [6.45, 7) is 0.961. The summed E-state index contributed by atoms with van der Waals surface area (Å²) in [6.07, 6.45) is 6.79. The maximum Gasteiger partial charge on any atom is 0.255 e. The van der Waals surface area contributed by atoms with Crippen molar-refractivity contribution < 1.29 is 9.53 Å². The van der Waals surface area contributed by atoms with Crippen molar-refractivity contribution in [2.24, 2.45) is 11.7 Å². The second-order valence-corrected chi connectivity index (χ2v) is 6.44. The fourth-order valence-electron chi connectivity index (χ4n) is 2.53. The lowest BCUT2D eigenvalue weighted by molar-refractivity contribution is -0.119. The molecule has 1 aromatic rings. The van der Waals surface area contributed by atoms with Gasteiger partial charge in [0, 0.05) is 15.8 Å². The molecule has 4 nitrogen and oxygen atoms in total. The molecule has 0 spiro atoms. The third-order valence-electron chi connectivity index (χ3n) is 3.63. The minimum absolute atomic E-state index is 0.0784. The Labute approximate surface area is 133 Å². The molecule has 1 aliphatic carbocycles. The molecule has 0 radical (unpaired) electrons. The summed E-state index contributed by atoms with van der Waals surface area (Å²) >= 11 is 2.28. The van der Waals surface area contributed by atoms with Crippen LogP contribution in [0.1, 0.15) is 32.1 Å². The highest BCUT2D eigenvalue weighted by Gasteiger charge is 2.13. The van der Waals surface area contributed by atoms with Crippen molar-refractivity contribution in [3.8, 4) is 5.75 Å². The van der Waals surface area contributed by atoms with Crippen molar-refractivity contribution in [1.82, 2.24) is 0 Å². The van der Waals surface area contributed by atoms with E-state index in [0.717, 1.165) is 21.7 Å². The van der Waals surface area contributed by atoms with Gasteiger partial charge >= 0.3 is 0 Å². The Morgan fingerprint density at radius 2 is 2.10 bits per heavy atom. The number of benzene rings is 1. The fourth-order valence-corrected chi connectivity index (χ4v) is 3.21. The standard InChI is InChI=1S/C15H21IN2O2/c16-13-8-12(20-10-15(17)19)6-7-14(13)18-9-11-4-2-1-3-5-11/h6-8,11,18H,1-5,9-10H2,(H2,17,19). The molecule has 0 aliphatic heterocycles. The summed E-state index contributed by atoms with van der Waals surface area (Å²) in [4.78, 5) is 10.7. The lowest BCUT2D eigenvalue weighted by Gasteiger charge is -2.22. The van der Waals surface area contributed by atoms with Crippen LogP contribution >= 0.6 is 22.6 Å². The molecule has 1 aliphatic rings. The molecule has 110 valence electrons. The normalized spacial score (nSPS) is 15.8. The molecule has 1 saturated carbocycles. The number of carbonyl (C=O) groups is 1. The van der Waals surface area contributed by atoms with E-state index in [9.17, 15) is 4.79 Å². The summed E-state index contributed by atoms with van der Waals surface area (Å²) in [5.41, 5.74) is 6.19. The quantitative estimate of drug-likeness (QED) is 0.736. The van der Waals surface area contributed by atoms with Crippen LogP contribution in [0.4, 0.5) is 5.69 Å². The van der Waals surface area contributed by atoms with Gasteiger partial charge in [-0.1, -0.05) is 19.3 Å². The molecular weight excluding hydrogens is 367 g/mol. The first-order chi connectivity index (χ1) is 9.65. The predicted octanol–water partition coefficient (Wildman–Crippen LogP) is 3.15. The third-order valence-corrected chi connectivity index (χ3v) is 4.52. The first-order valence-corrected chi connectivity index (χ1v) is 8.17. The Morgan fingerprint density at radius 3 is 2.75 bits per heavy atom. The molecule has 0 atom stereocenters. The molecule has 5 heteroatoms. The number of nitrogens with two attached hydrogens (primary N) is 1. The van der Waals surface area contributed by atoms with Gasteiger partial charge < -0.3 is 15.8 Å². The number of ether oxygens (including phenoxy) is 1. The van der Waals surface area contributed by atoms with Crippen molar-refractivity contribution in [2.45, 2.75) is 32.1 Å². The molecule has 20 heavy (non-hydrogen) atoms. The van der Waals surface area contributed by atoms with E-state index in [-0.39, 0.29) is 6.61 Å². The zero-order valence-corrected chi connectivity index (χ0v) is 13.7. The van der Waals surface area contributed by atoms with Crippen LogP contribution < -0.4 is 15.8 Å². The van der Waals surface area contributed by atoms with Gasteiger partial charge in [-0.25, -0.2) is 0 Å². The van der Waals surface area contributed by atoms with Crippen molar-refractivity contribution in [1.29, 1.82) is 0 Å². The molecule has 2 rings (SSSR count). The molecule has 3 N–H and O–H groups in total. The average molecular weight is 388 g/mol. The minimum Gasteiger partial charge on any atom is -0.484 e. The number of nitrogens with one attached hydrogen (secondary N) is 1. The first-order valence-electron chi connectivity index (χ1n) is 7.09. The van der Waals surface area contributed by atoms with Crippen LogP contribution in [0.3, 0.4) is 0 Å². The van der Waals surface area contributed by atoms with E-state index in [1.165, 1.54) is 32.1 Å². The van der Waals surface area contributed by atoms with Gasteiger partial charge in [-0.05, 0) is 59.5 Å². The summed E-state index contributed by atoms with van der Waals surface area (Å²) in [5.74, 6) is 1.02. The van der Waals surface area contributed by atoms with Gasteiger partial charge in [0.25, 0.3) is 5.91 Å². The summed E-state index contributed by atoms with van der Waals surface area (Å²) in [6, 6.07) is 5.79. The number of anilines is 1. The third kappa shape index (κ3) is 4.85. The highest BCUT2D eigenvalue weighted by Crippen LogP contribution is 2.27. The summed E-state index contributed by atoms with van der Waals surface area (Å²) in [7, 11) is 0. The zero-order valence-electron chi connectivity index (χ0n) is 11.5. The van der Waals surface area contributed by atoms with E-state index in [0.29, 0.717) is 5.75 Å². The number of halogens is 1. The van der Waals surface area contributed by atoms with E-state index >= 15 is 0 Å². The van der Waals surface area contributed by atoms with Crippen LogP contribution in [-0.2, 0) is 4.79 Å². The maximum atomic E-state index is 10.7. The van der Waals surface area contributed by atoms with Crippen LogP contribution in [0.2, 0.25) is 0 Å². The molecule has 1 aromatic carbocycles. The zero-order chi connectivity index (χ0) is 14.4. The molecule has 0 aromatic heterocycles. The van der Waals surface area contributed by atoms with Crippen LogP contribution in [0, 0.1) is 9.49 Å². The van der Waals surface area contributed by atoms with E-state index in [1.54, 1.807) is 0 Å². The van der Waals surface area contributed by atoms with Gasteiger partial charge in [0.2, 0.25) is 0 Å². The number of hydrogen-bond acceptors (Lipinski definition) is 3. The monoisotopic (exact) mass is 388 g/mol. The van der Waals surface area contributed by atoms with E-state index in [1.807, 2.05) is 18.2 Å². The van der Waals surface area contributed by atoms with Crippen molar-refractivity contribution in [3.05, 3.63) is 21.8 Å². The largest absolute Gasteiger partial charge is 0.484 e. The molecule has 1 amide bonds. The van der Waals surface area contributed by atoms with E-state index < -0.39 is 5.91 Å². The van der Waals surface area contributed by atoms with E-state index in [2.05, 4.69) is 27.9 Å². The minimum atomic E-state index is -0.459. The highest BCUT2D eigenvalue weighted by atomic mass is 127. The van der Waals surface area contributed by atoms with Gasteiger partial charge in [0.15, 0.2) is 6.61 Å². The van der Waals surface area contributed by atoms with Crippen LogP contribution in [0.15, 0.2) is 18.2 Å². The van der Waals surface area contributed by atoms with Gasteiger partial charge in [0.1, 0.15) is 5.75 Å². The van der Waals surface area contributed by atoms with Crippen molar-refractivity contribution >= 4 is 34.2 Å². The number of primary amides is 1. The highest BCUT2D eigenvalue weighted by molar-refractivity contribution is 14.1.